The van der Waals surface area contributed by atoms with Crippen LogP contribution in [0.5, 0.6) is 5.75 Å². The molecule has 1 aliphatic rings. The first-order valence-electron chi connectivity index (χ1n) is 11.3. The minimum Gasteiger partial charge on any atom is -0.484 e. The second-order valence-electron chi connectivity index (χ2n) is 8.41. The Bertz CT molecular complexity index is 1080. The molecule has 0 bridgehead atoms. The molecule has 1 saturated heterocycles. The van der Waals surface area contributed by atoms with Crippen LogP contribution in [0.4, 0.5) is 5.69 Å². The zero-order chi connectivity index (χ0) is 24.7. The Balaban J connectivity index is 1.49. The van der Waals surface area contributed by atoms with Crippen LogP contribution in [-0.4, -0.2) is 75.9 Å². The lowest BCUT2D eigenvalue weighted by Gasteiger charge is -2.32. The zero-order valence-corrected chi connectivity index (χ0v) is 20.6. The number of amides is 2. The van der Waals surface area contributed by atoms with E-state index in [0.717, 1.165) is 13.1 Å². The van der Waals surface area contributed by atoms with Gasteiger partial charge in [0, 0.05) is 43.5 Å². The van der Waals surface area contributed by atoms with E-state index in [9.17, 15) is 18.0 Å². The van der Waals surface area contributed by atoms with Crippen molar-refractivity contribution in [2.24, 2.45) is 0 Å². The molecule has 2 aromatic carbocycles. The number of hydrogen-bond acceptors (Lipinski definition) is 6. The average Bonchev–Trinajstić information content (AvgIpc) is 2.83. The van der Waals surface area contributed by atoms with Crippen molar-refractivity contribution in [2.75, 3.05) is 45.2 Å². The van der Waals surface area contributed by atoms with Gasteiger partial charge >= 0.3 is 0 Å². The highest BCUT2D eigenvalue weighted by Gasteiger charge is 2.20. The van der Waals surface area contributed by atoms with Gasteiger partial charge in [-0.3, -0.25) is 9.59 Å². The molecule has 0 saturated carbocycles. The molecule has 9 nitrogen and oxygen atoms in total. The number of carbonyl (C=O) groups excluding carboxylic acids is 2. The largest absolute Gasteiger partial charge is 0.484 e. The normalized spacial score (nSPS) is 15.6. The molecule has 0 aliphatic carbocycles. The Morgan fingerprint density at radius 1 is 1.00 bits per heavy atom. The number of hydrogen-bond donors (Lipinski definition) is 2. The Labute approximate surface area is 201 Å². The quantitative estimate of drug-likeness (QED) is 0.560. The van der Waals surface area contributed by atoms with Gasteiger partial charge in [0.15, 0.2) is 6.61 Å². The number of nitrogens with zero attached hydrogens (tertiary/aromatic N) is 2. The number of rotatable bonds is 9. The maximum atomic E-state index is 12.6. The van der Waals surface area contributed by atoms with Crippen LogP contribution in [0.3, 0.4) is 0 Å². The Kier molecular flexibility index (Phi) is 8.65. The number of carbonyl (C=O) groups is 2. The van der Waals surface area contributed by atoms with Gasteiger partial charge in [-0.25, -0.2) is 13.1 Å². The first-order valence-corrected chi connectivity index (χ1v) is 12.8. The first kappa shape index (κ1) is 25.7. The summed E-state index contributed by atoms with van der Waals surface area (Å²) in [5.41, 5.74) is 1.14. The van der Waals surface area contributed by atoms with Crippen LogP contribution >= 0.6 is 0 Å². The molecule has 1 aliphatic heterocycles. The van der Waals surface area contributed by atoms with Gasteiger partial charge in [0.25, 0.3) is 11.8 Å². The van der Waals surface area contributed by atoms with Gasteiger partial charge in [-0.05, 0) is 68.9 Å². The predicted molar refractivity (Wildman–Crippen MR) is 130 cm³/mol. The molecule has 2 amide bonds. The van der Waals surface area contributed by atoms with Crippen LogP contribution in [-0.2, 0) is 14.8 Å². The monoisotopic (exact) mass is 488 g/mol. The minimum atomic E-state index is -3.59. The maximum absolute atomic E-state index is 12.6. The van der Waals surface area contributed by atoms with Crippen molar-refractivity contribution in [2.45, 2.75) is 31.2 Å². The molecule has 0 aromatic heterocycles. The molecule has 184 valence electrons. The van der Waals surface area contributed by atoms with E-state index < -0.39 is 10.0 Å². The summed E-state index contributed by atoms with van der Waals surface area (Å²) in [6, 6.07) is 12.5. The highest BCUT2D eigenvalue weighted by molar-refractivity contribution is 7.89. The van der Waals surface area contributed by atoms with Crippen molar-refractivity contribution in [1.29, 1.82) is 0 Å². The summed E-state index contributed by atoms with van der Waals surface area (Å²) in [6.07, 6.45) is 0.685. The maximum Gasteiger partial charge on any atom is 0.262 e. The van der Waals surface area contributed by atoms with Crippen LogP contribution in [0.25, 0.3) is 0 Å². The average molecular weight is 489 g/mol. The molecule has 0 spiro atoms. The van der Waals surface area contributed by atoms with Gasteiger partial charge in [0.05, 0.1) is 4.90 Å². The summed E-state index contributed by atoms with van der Waals surface area (Å²) in [5, 5.41) is 2.73. The number of piperazine rings is 1. The van der Waals surface area contributed by atoms with E-state index in [-0.39, 0.29) is 29.4 Å². The fourth-order valence-corrected chi connectivity index (χ4v) is 4.69. The molecule has 1 heterocycles. The molecular weight excluding hydrogens is 456 g/mol. The van der Waals surface area contributed by atoms with Crippen LogP contribution in [0.2, 0.25) is 0 Å². The standard InChI is InChI=1S/C24H32N4O5S/c1-4-18(2)26-34(31,32)22-11-9-21(10-12-22)33-17-23(29)25-20-7-5-19(6-8-20)24(30)28-15-13-27(3)14-16-28/h5-12,18,26H,4,13-17H2,1-3H3,(H,25,29)/t18-/m1/s1. The van der Waals surface area contributed by atoms with Crippen molar-refractivity contribution in [3.05, 3.63) is 54.1 Å². The van der Waals surface area contributed by atoms with Gasteiger partial charge < -0.3 is 19.9 Å². The van der Waals surface area contributed by atoms with Crippen LogP contribution in [0.1, 0.15) is 30.6 Å². The third kappa shape index (κ3) is 7.02. The minimum absolute atomic E-state index is 0.0147. The van der Waals surface area contributed by atoms with Gasteiger partial charge in [0.2, 0.25) is 10.0 Å². The lowest BCUT2D eigenvalue weighted by Crippen LogP contribution is -2.47. The summed E-state index contributed by atoms with van der Waals surface area (Å²) in [5.74, 6) is -0.00170. The Morgan fingerprint density at radius 2 is 1.62 bits per heavy atom. The van der Waals surface area contributed by atoms with Crippen molar-refractivity contribution >= 4 is 27.5 Å². The number of ether oxygens (including phenoxy) is 1. The molecule has 0 radical (unpaired) electrons. The molecule has 2 aromatic rings. The molecule has 1 fully saturated rings. The number of anilines is 1. The van der Waals surface area contributed by atoms with Gasteiger partial charge in [-0.15, -0.1) is 0 Å². The van der Waals surface area contributed by atoms with E-state index in [4.69, 9.17) is 4.74 Å². The van der Waals surface area contributed by atoms with Crippen LogP contribution in [0, 0.1) is 0 Å². The molecule has 0 unspecified atom stereocenters. The highest BCUT2D eigenvalue weighted by Crippen LogP contribution is 2.17. The zero-order valence-electron chi connectivity index (χ0n) is 19.8. The topological polar surface area (TPSA) is 108 Å². The van der Waals surface area contributed by atoms with Crippen LogP contribution in [0.15, 0.2) is 53.4 Å². The van der Waals surface area contributed by atoms with E-state index in [1.54, 1.807) is 31.2 Å². The number of likely N-dealkylation sites (N-methyl/N-ethyl adjacent to an activating group) is 1. The highest BCUT2D eigenvalue weighted by atomic mass is 32.2. The number of nitrogens with one attached hydrogen (secondary N) is 2. The fourth-order valence-electron chi connectivity index (χ4n) is 3.37. The van der Waals surface area contributed by atoms with Gasteiger partial charge in [-0.1, -0.05) is 6.92 Å². The van der Waals surface area contributed by atoms with Crippen molar-refractivity contribution < 1.29 is 22.7 Å². The summed E-state index contributed by atoms with van der Waals surface area (Å²) in [6.45, 7) is 6.57. The third-order valence-corrected chi connectivity index (χ3v) is 7.28. The van der Waals surface area contributed by atoms with Crippen LogP contribution < -0.4 is 14.8 Å². The molecular formula is C24H32N4O5S. The second-order valence-corrected chi connectivity index (χ2v) is 10.1. The van der Waals surface area contributed by atoms with E-state index >= 15 is 0 Å². The summed E-state index contributed by atoms with van der Waals surface area (Å²) in [4.78, 5) is 29.0. The summed E-state index contributed by atoms with van der Waals surface area (Å²) in [7, 11) is -1.56. The summed E-state index contributed by atoms with van der Waals surface area (Å²) < 4.78 is 32.7. The lowest BCUT2D eigenvalue weighted by atomic mass is 10.1. The fraction of sp³-hybridized carbons (Fsp3) is 0.417. The van der Waals surface area contributed by atoms with E-state index in [0.29, 0.717) is 36.5 Å². The number of benzene rings is 2. The van der Waals surface area contributed by atoms with E-state index in [1.165, 1.54) is 24.3 Å². The Morgan fingerprint density at radius 3 is 2.21 bits per heavy atom. The molecule has 10 heteroatoms. The summed E-state index contributed by atoms with van der Waals surface area (Å²) >= 11 is 0. The molecule has 3 rings (SSSR count). The molecule has 34 heavy (non-hydrogen) atoms. The van der Waals surface area contributed by atoms with Crippen molar-refractivity contribution in [3.8, 4) is 5.75 Å². The SMILES string of the molecule is CC[C@@H](C)NS(=O)(=O)c1ccc(OCC(=O)Nc2ccc(C(=O)N3CCN(C)CC3)cc2)cc1. The first-order chi connectivity index (χ1) is 16.2. The van der Waals surface area contributed by atoms with Crippen molar-refractivity contribution in [3.63, 3.8) is 0 Å². The smallest absolute Gasteiger partial charge is 0.262 e. The van der Waals surface area contributed by atoms with Gasteiger partial charge in [-0.2, -0.15) is 0 Å². The van der Waals surface area contributed by atoms with E-state index in [2.05, 4.69) is 14.9 Å². The van der Waals surface area contributed by atoms with Crippen molar-refractivity contribution in [1.82, 2.24) is 14.5 Å². The molecule has 1 atom stereocenters. The third-order valence-electron chi connectivity index (χ3n) is 5.68. The second kappa shape index (κ2) is 11.5. The number of sulfonamides is 1. The molecule has 2 N–H and O–H groups in total. The van der Waals surface area contributed by atoms with E-state index in [1.807, 2.05) is 18.9 Å². The predicted octanol–water partition coefficient (Wildman–Crippen LogP) is 2.17. The Hall–Kier alpha value is -2.95. The lowest BCUT2D eigenvalue weighted by molar-refractivity contribution is -0.118. The van der Waals surface area contributed by atoms with Gasteiger partial charge in [0.1, 0.15) is 5.75 Å².